The van der Waals surface area contributed by atoms with Crippen LogP contribution in [0.2, 0.25) is 0 Å². The first-order valence-electron chi connectivity index (χ1n) is 4.25. The molecule has 0 aliphatic heterocycles. The predicted octanol–water partition coefficient (Wildman–Crippen LogP) is 2.40. The second-order valence-electron chi connectivity index (χ2n) is 3.11. The smallest absolute Gasteiger partial charge is 0.337 e. The highest BCUT2D eigenvalue weighted by Crippen LogP contribution is 2.23. The largest absolute Gasteiger partial charge is 0.478 e. The maximum absolute atomic E-state index is 10.9. The maximum Gasteiger partial charge on any atom is 0.337 e. The number of benzene rings is 1. The molecule has 76 valence electrons. The Balaban J connectivity index is 2.88. The molecule has 0 spiro atoms. The number of aryl methyl sites for hydroxylation is 1. The molecule has 1 heterocycles. The third-order valence-corrected chi connectivity index (χ3v) is 2.64. The van der Waals surface area contributed by atoms with Crippen LogP contribution in [0.15, 0.2) is 22.8 Å². The Kier molecular flexibility index (Phi) is 2.40. The molecule has 0 unspecified atom stereocenters. The van der Waals surface area contributed by atoms with Gasteiger partial charge in [-0.1, -0.05) is 0 Å². The zero-order chi connectivity index (χ0) is 11.0. The summed E-state index contributed by atoms with van der Waals surface area (Å²) in [7, 11) is 0. The lowest BCUT2D eigenvalue weighted by Gasteiger charge is -2.03. The highest BCUT2D eigenvalue weighted by molar-refractivity contribution is 9.10. The maximum atomic E-state index is 10.9. The van der Waals surface area contributed by atoms with Gasteiger partial charge in [-0.3, -0.25) is 4.98 Å². The van der Waals surface area contributed by atoms with Crippen LogP contribution in [0, 0.1) is 6.92 Å². The lowest BCUT2D eigenvalue weighted by molar-refractivity contribution is 0.0699. The van der Waals surface area contributed by atoms with Crippen LogP contribution < -0.4 is 0 Å². The van der Waals surface area contributed by atoms with E-state index in [4.69, 9.17) is 5.11 Å². The Bertz CT molecular complexity index is 554. The number of fused-ring (bicyclic) bond motifs is 1. The van der Waals surface area contributed by atoms with Gasteiger partial charge in [0.2, 0.25) is 0 Å². The van der Waals surface area contributed by atoms with Crippen molar-refractivity contribution in [2.45, 2.75) is 6.92 Å². The van der Waals surface area contributed by atoms with Crippen LogP contribution in [0.5, 0.6) is 0 Å². The van der Waals surface area contributed by atoms with Gasteiger partial charge in [0.1, 0.15) is 11.0 Å². The van der Waals surface area contributed by atoms with E-state index < -0.39 is 5.97 Å². The van der Waals surface area contributed by atoms with Crippen molar-refractivity contribution in [3.63, 3.8) is 0 Å². The number of nitrogens with zero attached hydrogens (tertiary/aromatic N) is 2. The van der Waals surface area contributed by atoms with Crippen molar-refractivity contribution in [2.75, 3.05) is 0 Å². The Morgan fingerprint density at radius 1 is 1.40 bits per heavy atom. The van der Waals surface area contributed by atoms with Gasteiger partial charge in [0.05, 0.1) is 11.3 Å². The van der Waals surface area contributed by atoms with E-state index in [1.54, 1.807) is 12.3 Å². The van der Waals surface area contributed by atoms with Crippen molar-refractivity contribution in [1.29, 1.82) is 0 Å². The highest BCUT2D eigenvalue weighted by atomic mass is 79.9. The van der Waals surface area contributed by atoms with Crippen molar-refractivity contribution < 1.29 is 9.90 Å². The van der Waals surface area contributed by atoms with Gasteiger partial charge in [0.15, 0.2) is 0 Å². The third kappa shape index (κ3) is 1.70. The van der Waals surface area contributed by atoms with Gasteiger partial charge in [0.25, 0.3) is 0 Å². The molecule has 1 aromatic carbocycles. The number of rotatable bonds is 1. The van der Waals surface area contributed by atoms with E-state index in [-0.39, 0.29) is 5.56 Å². The van der Waals surface area contributed by atoms with Crippen LogP contribution in [0.25, 0.3) is 11.0 Å². The van der Waals surface area contributed by atoms with Crippen LogP contribution in [0.3, 0.4) is 0 Å². The molecule has 1 N–H and O–H groups in total. The van der Waals surface area contributed by atoms with Crippen molar-refractivity contribution in [3.05, 3.63) is 34.1 Å². The average molecular weight is 267 g/mol. The summed E-state index contributed by atoms with van der Waals surface area (Å²) in [4.78, 5) is 19.3. The number of halogens is 1. The van der Waals surface area contributed by atoms with Crippen LogP contribution in [0.1, 0.15) is 16.1 Å². The lowest BCUT2D eigenvalue weighted by Crippen LogP contribution is -2.00. The minimum atomic E-state index is -0.995. The van der Waals surface area contributed by atoms with E-state index in [0.29, 0.717) is 11.0 Å². The van der Waals surface area contributed by atoms with Gasteiger partial charge in [-0.25, -0.2) is 9.78 Å². The Hall–Kier alpha value is -1.49. The van der Waals surface area contributed by atoms with Gasteiger partial charge < -0.3 is 5.11 Å². The van der Waals surface area contributed by atoms with Crippen LogP contribution in [-0.4, -0.2) is 21.0 Å². The van der Waals surface area contributed by atoms with E-state index in [1.165, 1.54) is 6.07 Å². The molecule has 0 bridgehead atoms. The van der Waals surface area contributed by atoms with Gasteiger partial charge >= 0.3 is 5.97 Å². The minimum absolute atomic E-state index is 0.167. The van der Waals surface area contributed by atoms with Crippen molar-refractivity contribution in [3.8, 4) is 0 Å². The lowest BCUT2D eigenvalue weighted by atomic mass is 10.2. The molecule has 0 radical (unpaired) electrons. The number of carbonyl (C=O) groups is 1. The van der Waals surface area contributed by atoms with E-state index in [9.17, 15) is 4.79 Å². The summed E-state index contributed by atoms with van der Waals surface area (Å²) in [5.41, 5.74) is 1.91. The summed E-state index contributed by atoms with van der Waals surface area (Å²) >= 11 is 3.32. The molecule has 5 heteroatoms. The quantitative estimate of drug-likeness (QED) is 0.861. The summed E-state index contributed by atoms with van der Waals surface area (Å²) in [6.45, 7) is 1.81. The normalized spacial score (nSPS) is 10.5. The topological polar surface area (TPSA) is 63.1 Å². The number of hydrogen-bond donors (Lipinski definition) is 1. The number of carboxylic acids is 1. The number of aromatic nitrogens is 2. The van der Waals surface area contributed by atoms with E-state index >= 15 is 0 Å². The van der Waals surface area contributed by atoms with E-state index in [1.807, 2.05) is 6.92 Å². The zero-order valence-corrected chi connectivity index (χ0v) is 9.45. The first-order valence-corrected chi connectivity index (χ1v) is 5.04. The number of carboxylic acid groups (broad SMARTS) is 1. The SMILES string of the molecule is Cc1cnc2c(C(=O)O)ccc(Br)c2n1. The molecule has 0 saturated carbocycles. The Morgan fingerprint density at radius 2 is 2.13 bits per heavy atom. The fourth-order valence-electron chi connectivity index (χ4n) is 1.33. The van der Waals surface area contributed by atoms with Crippen LogP contribution in [-0.2, 0) is 0 Å². The van der Waals surface area contributed by atoms with Gasteiger partial charge in [-0.15, -0.1) is 0 Å². The molecule has 0 saturated heterocycles. The third-order valence-electron chi connectivity index (χ3n) is 2.00. The zero-order valence-electron chi connectivity index (χ0n) is 7.86. The fraction of sp³-hybridized carbons (Fsp3) is 0.100. The molecule has 15 heavy (non-hydrogen) atoms. The summed E-state index contributed by atoms with van der Waals surface area (Å²) in [6.07, 6.45) is 1.56. The van der Waals surface area contributed by atoms with Crippen molar-refractivity contribution >= 4 is 32.9 Å². The van der Waals surface area contributed by atoms with E-state index in [2.05, 4.69) is 25.9 Å². The summed E-state index contributed by atoms with van der Waals surface area (Å²) < 4.78 is 0.749. The summed E-state index contributed by atoms with van der Waals surface area (Å²) in [5.74, 6) is -0.995. The first kappa shape index (κ1) is 10.0. The van der Waals surface area contributed by atoms with Gasteiger partial charge in [-0.2, -0.15) is 0 Å². The first-order chi connectivity index (χ1) is 7.09. The number of hydrogen-bond acceptors (Lipinski definition) is 3. The Morgan fingerprint density at radius 3 is 2.80 bits per heavy atom. The van der Waals surface area contributed by atoms with Gasteiger partial charge in [-0.05, 0) is 35.0 Å². The molecule has 0 fully saturated rings. The molecule has 2 aromatic rings. The second kappa shape index (κ2) is 3.58. The molecule has 1 aromatic heterocycles. The van der Waals surface area contributed by atoms with Crippen molar-refractivity contribution in [2.24, 2.45) is 0 Å². The van der Waals surface area contributed by atoms with Crippen molar-refractivity contribution in [1.82, 2.24) is 9.97 Å². The standard InChI is InChI=1S/C10H7BrN2O2/c1-5-4-12-8-6(10(14)15)2-3-7(11)9(8)13-5/h2-4H,1H3,(H,14,15). The molecule has 0 atom stereocenters. The predicted molar refractivity (Wildman–Crippen MR) is 58.9 cm³/mol. The van der Waals surface area contributed by atoms with Crippen LogP contribution in [0.4, 0.5) is 0 Å². The molecule has 0 aliphatic carbocycles. The summed E-state index contributed by atoms with van der Waals surface area (Å²) in [5, 5.41) is 8.96. The molecular weight excluding hydrogens is 260 g/mol. The fourth-order valence-corrected chi connectivity index (χ4v) is 1.74. The molecular formula is C10H7BrN2O2. The Labute approximate surface area is 94.1 Å². The molecule has 4 nitrogen and oxygen atoms in total. The minimum Gasteiger partial charge on any atom is -0.478 e. The van der Waals surface area contributed by atoms with Gasteiger partial charge in [0, 0.05) is 10.7 Å². The molecule has 0 amide bonds. The van der Waals surface area contributed by atoms with Crippen LogP contribution >= 0.6 is 15.9 Å². The monoisotopic (exact) mass is 266 g/mol. The second-order valence-corrected chi connectivity index (χ2v) is 3.96. The molecule has 2 rings (SSSR count). The average Bonchev–Trinajstić information content (AvgIpc) is 2.19. The number of aromatic carboxylic acids is 1. The highest BCUT2D eigenvalue weighted by Gasteiger charge is 2.12. The summed E-state index contributed by atoms with van der Waals surface area (Å²) in [6, 6.07) is 3.18. The molecule has 0 aliphatic rings. The van der Waals surface area contributed by atoms with E-state index in [0.717, 1.165) is 10.2 Å².